The number of hydrogen-bond acceptors (Lipinski definition) is 3. The van der Waals surface area contributed by atoms with E-state index < -0.39 is 0 Å². The van der Waals surface area contributed by atoms with Gasteiger partial charge in [0.25, 0.3) is 0 Å². The number of aromatic amines is 1. The number of hydroxylamine groups is 1. The Bertz CT molecular complexity index is 602. The molecule has 1 aliphatic carbocycles. The molecule has 6 heteroatoms. The number of amides is 2. The van der Waals surface area contributed by atoms with Crippen LogP contribution in [-0.2, 0) is 16.0 Å². The van der Waals surface area contributed by atoms with Crippen molar-refractivity contribution in [2.24, 2.45) is 0 Å². The standard InChI is InChI=1S/C17H23N3O3/c21-16(20-23)9-5-2-6-10-18-17(22)11-13-12-19-15-8-4-1-3-7-14(13)15/h3-4,7-8,12,19,23H,1-2,5-6,9-11H2,(H,18,22)(H,20,21). The van der Waals surface area contributed by atoms with Crippen molar-refractivity contribution in [1.29, 1.82) is 0 Å². The Labute approximate surface area is 135 Å². The molecule has 124 valence electrons. The van der Waals surface area contributed by atoms with Gasteiger partial charge in [0.15, 0.2) is 0 Å². The van der Waals surface area contributed by atoms with Crippen molar-refractivity contribution in [3.05, 3.63) is 35.2 Å². The largest absolute Gasteiger partial charge is 0.361 e. The van der Waals surface area contributed by atoms with E-state index in [1.807, 2.05) is 12.3 Å². The second-order valence-electron chi connectivity index (χ2n) is 5.55. The summed E-state index contributed by atoms with van der Waals surface area (Å²) in [6, 6.07) is 0. The molecule has 0 unspecified atom stereocenters. The molecular weight excluding hydrogens is 294 g/mol. The summed E-state index contributed by atoms with van der Waals surface area (Å²) in [5.41, 5.74) is 4.74. The van der Waals surface area contributed by atoms with E-state index in [4.69, 9.17) is 5.21 Å². The smallest absolute Gasteiger partial charge is 0.243 e. The van der Waals surface area contributed by atoms with Crippen molar-refractivity contribution in [2.75, 3.05) is 6.54 Å². The number of carbonyl (C=O) groups is 2. The first kappa shape index (κ1) is 17.0. The molecule has 0 spiro atoms. The minimum atomic E-state index is -0.371. The van der Waals surface area contributed by atoms with E-state index in [2.05, 4.69) is 28.5 Å². The van der Waals surface area contributed by atoms with Gasteiger partial charge in [-0.15, -0.1) is 0 Å². The number of carbonyl (C=O) groups excluding carboxylic acids is 2. The summed E-state index contributed by atoms with van der Waals surface area (Å²) >= 11 is 0. The van der Waals surface area contributed by atoms with Crippen molar-refractivity contribution in [3.63, 3.8) is 0 Å². The van der Waals surface area contributed by atoms with Crippen molar-refractivity contribution in [2.45, 2.75) is 38.5 Å². The van der Waals surface area contributed by atoms with Crippen molar-refractivity contribution in [3.8, 4) is 0 Å². The highest BCUT2D eigenvalue weighted by Crippen LogP contribution is 2.21. The molecule has 0 atom stereocenters. The molecule has 2 amide bonds. The number of aromatic nitrogens is 1. The first-order valence-electron chi connectivity index (χ1n) is 7.93. The molecule has 0 radical (unpaired) electrons. The number of hydrogen-bond donors (Lipinski definition) is 4. The summed E-state index contributed by atoms with van der Waals surface area (Å²) < 4.78 is 0. The molecule has 0 bridgehead atoms. The van der Waals surface area contributed by atoms with Gasteiger partial charge in [-0.25, -0.2) is 5.48 Å². The highest BCUT2D eigenvalue weighted by molar-refractivity contribution is 5.81. The fourth-order valence-corrected chi connectivity index (χ4v) is 2.53. The van der Waals surface area contributed by atoms with Crippen LogP contribution in [0.5, 0.6) is 0 Å². The van der Waals surface area contributed by atoms with Gasteiger partial charge in [0.2, 0.25) is 11.8 Å². The first-order chi connectivity index (χ1) is 11.2. The molecule has 2 rings (SSSR count). The number of nitrogens with one attached hydrogen (secondary N) is 3. The number of rotatable bonds is 8. The second-order valence-corrected chi connectivity index (χ2v) is 5.55. The SMILES string of the molecule is O=C(CCCCCNC(=O)Cc1c[nH]c2c1C=CCC=C2)NO. The molecule has 1 heterocycles. The van der Waals surface area contributed by atoms with Gasteiger partial charge in [0, 0.05) is 30.4 Å². The van der Waals surface area contributed by atoms with Crippen molar-refractivity contribution >= 4 is 24.0 Å². The summed E-state index contributed by atoms with van der Waals surface area (Å²) in [6.45, 7) is 0.599. The molecule has 1 aliphatic rings. The predicted molar refractivity (Wildman–Crippen MR) is 88.6 cm³/mol. The third-order valence-electron chi connectivity index (χ3n) is 3.76. The second kappa shape index (κ2) is 8.95. The lowest BCUT2D eigenvalue weighted by Crippen LogP contribution is -2.26. The maximum atomic E-state index is 12.0. The van der Waals surface area contributed by atoms with Crippen LogP contribution in [0.1, 0.15) is 48.9 Å². The summed E-state index contributed by atoms with van der Waals surface area (Å²) in [7, 11) is 0. The van der Waals surface area contributed by atoms with Crippen LogP contribution in [0.2, 0.25) is 0 Å². The van der Waals surface area contributed by atoms with Crippen LogP contribution in [-0.4, -0.2) is 28.6 Å². The predicted octanol–water partition coefficient (Wildman–Crippen LogP) is 2.17. The van der Waals surface area contributed by atoms with Crippen LogP contribution in [0.15, 0.2) is 18.3 Å². The monoisotopic (exact) mass is 317 g/mol. The molecule has 23 heavy (non-hydrogen) atoms. The molecule has 4 N–H and O–H groups in total. The van der Waals surface area contributed by atoms with Gasteiger partial charge in [0.1, 0.15) is 0 Å². The minimum Gasteiger partial charge on any atom is -0.361 e. The Balaban J connectivity index is 1.69. The van der Waals surface area contributed by atoms with Crippen LogP contribution >= 0.6 is 0 Å². The van der Waals surface area contributed by atoms with Crippen LogP contribution in [0.25, 0.3) is 12.2 Å². The van der Waals surface area contributed by atoms with E-state index in [1.165, 1.54) is 0 Å². The van der Waals surface area contributed by atoms with Crippen molar-refractivity contribution in [1.82, 2.24) is 15.8 Å². The van der Waals surface area contributed by atoms with E-state index in [0.29, 0.717) is 25.8 Å². The lowest BCUT2D eigenvalue weighted by Gasteiger charge is -2.05. The van der Waals surface area contributed by atoms with Crippen LogP contribution in [0.3, 0.4) is 0 Å². The van der Waals surface area contributed by atoms with Crippen LogP contribution in [0, 0.1) is 0 Å². The molecule has 6 nitrogen and oxygen atoms in total. The molecule has 0 saturated heterocycles. The quantitative estimate of drug-likeness (QED) is 0.336. The molecule has 0 fully saturated rings. The molecule has 1 aromatic heterocycles. The fraction of sp³-hybridized carbons (Fsp3) is 0.412. The Morgan fingerprint density at radius 3 is 2.78 bits per heavy atom. The van der Waals surface area contributed by atoms with E-state index in [0.717, 1.165) is 36.1 Å². The van der Waals surface area contributed by atoms with Gasteiger partial charge in [0.05, 0.1) is 6.42 Å². The zero-order chi connectivity index (χ0) is 16.5. The van der Waals surface area contributed by atoms with Gasteiger partial charge in [-0.3, -0.25) is 14.8 Å². The molecule has 0 saturated carbocycles. The number of allylic oxidation sites excluding steroid dienone is 2. The Morgan fingerprint density at radius 2 is 1.96 bits per heavy atom. The van der Waals surface area contributed by atoms with Gasteiger partial charge in [-0.2, -0.15) is 0 Å². The third kappa shape index (κ3) is 5.41. The van der Waals surface area contributed by atoms with E-state index in [-0.39, 0.29) is 11.8 Å². The number of fused-ring (bicyclic) bond motifs is 1. The maximum absolute atomic E-state index is 12.0. The Kier molecular flexibility index (Phi) is 6.62. The molecular formula is C17H23N3O3. The fourth-order valence-electron chi connectivity index (χ4n) is 2.53. The summed E-state index contributed by atoms with van der Waals surface area (Å²) in [4.78, 5) is 26.0. The molecule has 0 aliphatic heterocycles. The zero-order valence-electron chi connectivity index (χ0n) is 13.1. The van der Waals surface area contributed by atoms with Crippen molar-refractivity contribution < 1.29 is 14.8 Å². The highest BCUT2D eigenvalue weighted by Gasteiger charge is 2.11. The minimum absolute atomic E-state index is 0.00141. The Hall–Kier alpha value is -2.34. The normalized spacial score (nSPS) is 12.6. The maximum Gasteiger partial charge on any atom is 0.243 e. The highest BCUT2D eigenvalue weighted by atomic mass is 16.5. The summed E-state index contributed by atoms with van der Waals surface area (Å²) in [5.74, 6) is -0.370. The average molecular weight is 317 g/mol. The van der Waals surface area contributed by atoms with Gasteiger partial charge < -0.3 is 10.3 Å². The topological polar surface area (TPSA) is 94.2 Å². The van der Waals surface area contributed by atoms with Gasteiger partial charge >= 0.3 is 0 Å². The van der Waals surface area contributed by atoms with Crippen LogP contribution in [0.4, 0.5) is 0 Å². The number of unbranched alkanes of at least 4 members (excludes halogenated alkanes) is 2. The third-order valence-corrected chi connectivity index (χ3v) is 3.76. The molecule has 1 aromatic rings. The van der Waals surface area contributed by atoms with E-state index >= 15 is 0 Å². The van der Waals surface area contributed by atoms with Gasteiger partial charge in [-0.1, -0.05) is 24.6 Å². The van der Waals surface area contributed by atoms with Gasteiger partial charge in [-0.05, 0) is 30.9 Å². The lowest BCUT2D eigenvalue weighted by atomic mass is 10.1. The van der Waals surface area contributed by atoms with Crippen LogP contribution < -0.4 is 10.8 Å². The Morgan fingerprint density at radius 1 is 1.13 bits per heavy atom. The lowest BCUT2D eigenvalue weighted by molar-refractivity contribution is -0.129. The first-order valence-corrected chi connectivity index (χ1v) is 7.93. The zero-order valence-corrected chi connectivity index (χ0v) is 13.1. The summed E-state index contributed by atoms with van der Waals surface area (Å²) in [6.07, 6.45) is 14.1. The van der Waals surface area contributed by atoms with E-state index in [1.54, 1.807) is 5.48 Å². The number of H-pyrrole nitrogens is 1. The average Bonchev–Trinajstić information content (AvgIpc) is 2.78. The van der Waals surface area contributed by atoms with E-state index in [9.17, 15) is 9.59 Å². The summed E-state index contributed by atoms with van der Waals surface area (Å²) in [5, 5.41) is 11.3. The molecule has 0 aromatic carbocycles.